The van der Waals surface area contributed by atoms with E-state index in [1.54, 1.807) is 0 Å². The number of rotatable bonds is 6. The average molecular weight is 275 g/mol. The summed E-state index contributed by atoms with van der Waals surface area (Å²) in [5.74, 6) is 0.677. The zero-order chi connectivity index (χ0) is 14.5. The molecule has 1 heterocycles. The summed E-state index contributed by atoms with van der Waals surface area (Å²) in [6, 6.07) is 9.15. The summed E-state index contributed by atoms with van der Waals surface area (Å²) < 4.78 is 0. The molecule has 2 rings (SSSR count). The number of aryl methyl sites for hydroxylation is 1. The molecule has 112 valence electrons. The summed E-state index contributed by atoms with van der Waals surface area (Å²) in [6.45, 7) is 8.68. The van der Waals surface area contributed by atoms with E-state index in [1.165, 1.54) is 24.8 Å². The molecular weight excluding hydrogens is 246 g/mol. The molecule has 1 fully saturated rings. The van der Waals surface area contributed by atoms with Gasteiger partial charge in [-0.15, -0.1) is 0 Å². The van der Waals surface area contributed by atoms with Gasteiger partial charge in [-0.2, -0.15) is 0 Å². The van der Waals surface area contributed by atoms with Gasteiger partial charge in [-0.25, -0.2) is 0 Å². The van der Waals surface area contributed by atoms with Crippen LogP contribution in [-0.2, 0) is 6.42 Å². The molecule has 0 spiro atoms. The largest absolute Gasteiger partial charge is 0.387 e. The van der Waals surface area contributed by atoms with Gasteiger partial charge in [0.15, 0.2) is 0 Å². The molecule has 2 heteroatoms. The highest BCUT2D eigenvalue weighted by Crippen LogP contribution is 2.26. The fourth-order valence-corrected chi connectivity index (χ4v) is 3.36. The zero-order valence-corrected chi connectivity index (χ0v) is 13.2. The Morgan fingerprint density at radius 3 is 2.55 bits per heavy atom. The SMILES string of the molecule is CCCc1ccc(C(O)CN2CCCC2C(C)C)cc1. The number of aliphatic hydroxyl groups excluding tert-OH is 1. The molecule has 1 aliphatic rings. The van der Waals surface area contributed by atoms with Crippen LogP contribution in [0.3, 0.4) is 0 Å². The van der Waals surface area contributed by atoms with Gasteiger partial charge in [-0.3, -0.25) is 4.90 Å². The lowest BCUT2D eigenvalue weighted by atomic mass is 10.0. The van der Waals surface area contributed by atoms with Crippen LogP contribution in [0.4, 0.5) is 0 Å². The number of likely N-dealkylation sites (tertiary alicyclic amines) is 1. The van der Waals surface area contributed by atoms with E-state index in [0.29, 0.717) is 12.0 Å². The predicted molar refractivity (Wildman–Crippen MR) is 84.8 cm³/mol. The first-order valence-electron chi connectivity index (χ1n) is 8.12. The van der Waals surface area contributed by atoms with Crippen LogP contribution in [0.2, 0.25) is 0 Å². The van der Waals surface area contributed by atoms with Crippen LogP contribution in [0.1, 0.15) is 57.3 Å². The Balaban J connectivity index is 1.95. The van der Waals surface area contributed by atoms with Crippen molar-refractivity contribution in [3.63, 3.8) is 0 Å². The summed E-state index contributed by atoms with van der Waals surface area (Å²) in [6.07, 6.45) is 4.49. The van der Waals surface area contributed by atoms with Gasteiger partial charge in [0.25, 0.3) is 0 Å². The highest BCUT2D eigenvalue weighted by Gasteiger charge is 2.28. The van der Waals surface area contributed by atoms with Crippen molar-refractivity contribution in [2.75, 3.05) is 13.1 Å². The molecule has 1 saturated heterocycles. The monoisotopic (exact) mass is 275 g/mol. The molecule has 1 N–H and O–H groups in total. The molecule has 2 nitrogen and oxygen atoms in total. The van der Waals surface area contributed by atoms with Crippen molar-refractivity contribution in [1.29, 1.82) is 0 Å². The van der Waals surface area contributed by atoms with Gasteiger partial charge in [0.2, 0.25) is 0 Å². The third-order valence-electron chi connectivity index (χ3n) is 4.49. The zero-order valence-electron chi connectivity index (χ0n) is 13.2. The summed E-state index contributed by atoms with van der Waals surface area (Å²) in [5.41, 5.74) is 2.42. The fourth-order valence-electron chi connectivity index (χ4n) is 3.36. The number of hydrogen-bond acceptors (Lipinski definition) is 2. The smallest absolute Gasteiger partial charge is 0.0917 e. The minimum absolute atomic E-state index is 0.356. The summed E-state index contributed by atoms with van der Waals surface area (Å²) >= 11 is 0. The number of benzene rings is 1. The van der Waals surface area contributed by atoms with E-state index < -0.39 is 0 Å². The predicted octanol–water partition coefficient (Wildman–Crippen LogP) is 3.79. The molecule has 0 amide bonds. The molecule has 20 heavy (non-hydrogen) atoms. The fraction of sp³-hybridized carbons (Fsp3) is 0.667. The van der Waals surface area contributed by atoms with Gasteiger partial charge in [0.05, 0.1) is 6.10 Å². The standard InChI is InChI=1S/C18H29NO/c1-4-6-15-8-10-16(11-9-15)18(20)13-19-12-5-7-17(19)14(2)3/h8-11,14,17-18,20H,4-7,12-13H2,1-3H3. The van der Waals surface area contributed by atoms with Gasteiger partial charge in [0.1, 0.15) is 0 Å². The first-order chi connectivity index (χ1) is 9.61. The van der Waals surface area contributed by atoms with Gasteiger partial charge in [-0.1, -0.05) is 51.5 Å². The van der Waals surface area contributed by atoms with Crippen LogP contribution in [0.15, 0.2) is 24.3 Å². The lowest BCUT2D eigenvalue weighted by Gasteiger charge is -2.29. The highest BCUT2D eigenvalue weighted by molar-refractivity contribution is 5.24. The van der Waals surface area contributed by atoms with Crippen molar-refractivity contribution in [2.45, 2.75) is 58.6 Å². The van der Waals surface area contributed by atoms with E-state index in [4.69, 9.17) is 0 Å². The van der Waals surface area contributed by atoms with Crippen molar-refractivity contribution < 1.29 is 5.11 Å². The maximum Gasteiger partial charge on any atom is 0.0917 e. The molecule has 2 unspecified atom stereocenters. The Labute approximate surface area is 123 Å². The van der Waals surface area contributed by atoms with Crippen molar-refractivity contribution in [1.82, 2.24) is 4.90 Å². The van der Waals surface area contributed by atoms with E-state index in [-0.39, 0.29) is 6.10 Å². The topological polar surface area (TPSA) is 23.5 Å². The number of nitrogens with zero attached hydrogens (tertiary/aromatic N) is 1. The van der Waals surface area contributed by atoms with E-state index in [0.717, 1.165) is 25.1 Å². The van der Waals surface area contributed by atoms with Gasteiger partial charge in [0, 0.05) is 12.6 Å². The Morgan fingerprint density at radius 2 is 1.95 bits per heavy atom. The summed E-state index contributed by atoms with van der Waals surface area (Å²) in [5, 5.41) is 10.5. The lowest BCUT2D eigenvalue weighted by molar-refractivity contribution is 0.0939. The maximum absolute atomic E-state index is 10.5. The van der Waals surface area contributed by atoms with Crippen molar-refractivity contribution >= 4 is 0 Å². The van der Waals surface area contributed by atoms with Crippen molar-refractivity contribution in [3.05, 3.63) is 35.4 Å². The Bertz CT molecular complexity index is 398. The van der Waals surface area contributed by atoms with Crippen LogP contribution in [0.5, 0.6) is 0 Å². The third kappa shape index (κ3) is 3.83. The lowest BCUT2D eigenvalue weighted by Crippen LogP contribution is -2.36. The average Bonchev–Trinajstić information content (AvgIpc) is 2.88. The summed E-state index contributed by atoms with van der Waals surface area (Å²) in [4.78, 5) is 2.47. The quantitative estimate of drug-likeness (QED) is 0.853. The van der Waals surface area contributed by atoms with Crippen molar-refractivity contribution in [2.24, 2.45) is 5.92 Å². The molecular formula is C18H29NO. The molecule has 0 aromatic heterocycles. The van der Waals surface area contributed by atoms with E-state index >= 15 is 0 Å². The number of β-amino-alcohol motifs (C(OH)–C–C–N with tert-alkyl or cyclic N) is 1. The minimum Gasteiger partial charge on any atom is -0.387 e. The van der Waals surface area contributed by atoms with Crippen LogP contribution >= 0.6 is 0 Å². The first-order valence-corrected chi connectivity index (χ1v) is 8.12. The molecule has 0 radical (unpaired) electrons. The maximum atomic E-state index is 10.5. The van der Waals surface area contributed by atoms with Gasteiger partial charge in [-0.05, 0) is 42.9 Å². The van der Waals surface area contributed by atoms with E-state index in [1.807, 2.05) is 0 Å². The summed E-state index contributed by atoms with van der Waals surface area (Å²) in [7, 11) is 0. The Morgan fingerprint density at radius 1 is 1.25 bits per heavy atom. The Kier molecular flexibility index (Phi) is 5.62. The third-order valence-corrected chi connectivity index (χ3v) is 4.49. The highest BCUT2D eigenvalue weighted by atomic mass is 16.3. The number of aliphatic hydroxyl groups is 1. The Hall–Kier alpha value is -0.860. The van der Waals surface area contributed by atoms with Crippen LogP contribution in [0.25, 0.3) is 0 Å². The molecule has 1 aromatic carbocycles. The molecule has 0 bridgehead atoms. The van der Waals surface area contributed by atoms with Gasteiger partial charge < -0.3 is 5.11 Å². The van der Waals surface area contributed by atoms with E-state index in [9.17, 15) is 5.11 Å². The minimum atomic E-state index is -0.356. The van der Waals surface area contributed by atoms with Crippen LogP contribution < -0.4 is 0 Å². The van der Waals surface area contributed by atoms with Crippen LogP contribution in [0, 0.1) is 5.92 Å². The van der Waals surface area contributed by atoms with Crippen molar-refractivity contribution in [3.8, 4) is 0 Å². The van der Waals surface area contributed by atoms with Gasteiger partial charge >= 0.3 is 0 Å². The van der Waals surface area contributed by atoms with E-state index in [2.05, 4.69) is 49.9 Å². The molecule has 0 aliphatic carbocycles. The second-order valence-corrected chi connectivity index (χ2v) is 6.46. The molecule has 0 saturated carbocycles. The second-order valence-electron chi connectivity index (χ2n) is 6.46. The molecule has 1 aliphatic heterocycles. The molecule has 1 aromatic rings. The first kappa shape index (κ1) is 15.5. The number of hydrogen-bond donors (Lipinski definition) is 1. The second kappa shape index (κ2) is 7.24. The van der Waals surface area contributed by atoms with Crippen LogP contribution in [-0.4, -0.2) is 29.1 Å². The normalized spacial score (nSPS) is 21.6. The molecule has 2 atom stereocenters.